The van der Waals surface area contributed by atoms with Gasteiger partial charge in [0.1, 0.15) is 0 Å². The lowest BCUT2D eigenvalue weighted by Crippen LogP contribution is -2.47. The quantitative estimate of drug-likeness (QED) is 0.453. The molecule has 2 heteroatoms. The Kier molecular flexibility index (Phi) is 0.866. The van der Waals surface area contributed by atoms with E-state index in [1.54, 1.807) is 0 Å². The lowest BCUT2D eigenvalue weighted by atomic mass is 9.78. The fourth-order valence-corrected chi connectivity index (χ4v) is 1.75. The summed E-state index contributed by atoms with van der Waals surface area (Å²) in [7, 11) is 0. The number of nitrogens with one attached hydrogen (secondary N) is 1. The van der Waals surface area contributed by atoms with E-state index in [0.717, 1.165) is 13.0 Å². The molecule has 0 bridgehead atoms. The first kappa shape index (κ1) is 4.77. The van der Waals surface area contributed by atoms with Crippen LogP contribution in [0.3, 0.4) is 0 Å². The van der Waals surface area contributed by atoms with Crippen molar-refractivity contribution in [1.29, 1.82) is 0 Å². The minimum absolute atomic E-state index is 0.0231. The summed E-state index contributed by atoms with van der Waals surface area (Å²) in [4.78, 5) is 0. The molecular weight excluding hydrogens is 102 g/mol. The smallest absolute Gasteiger partial charge is 0.0598 e. The summed E-state index contributed by atoms with van der Waals surface area (Å²) in [5.74, 6) is 0.606. The van der Waals surface area contributed by atoms with Gasteiger partial charge in [0, 0.05) is 12.0 Å². The Hall–Kier alpha value is -0.0800. The molecule has 1 aliphatic heterocycles. The summed E-state index contributed by atoms with van der Waals surface area (Å²) in [5.41, 5.74) is 0. The van der Waals surface area contributed by atoms with Crippen LogP contribution in [-0.4, -0.2) is 23.8 Å². The van der Waals surface area contributed by atoms with E-state index in [1.807, 2.05) is 0 Å². The highest BCUT2D eigenvalue weighted by atomic mass is 16.3. The number of aliphatic hydroxyl groups is 1. The highest BCUT2D eigenvalue weighted by Gasteiger charge is 2.42. The summed E-state index contributed by atoms with van der Waals surface area (Å²) in [6.45, 7) is 1.12. The molecule has 2 nitrogen and oxygen atoms in total. The maximum absolute atomic E-state index is 9.08. The highest BCUT2D eigenvalue weighted by Crippen LogP contribution is 2.34. The van der Waals surface area contributed by atoms with E-state index in [4.69, 9.17) is 5.11 Å². The SMILES string of the molecule is O[C@H]1C[C@@H]2NCC[C@@H]21. The van der Waals surface area contributed by atoms with Crippen LogP contribution in [0.4, 0.5) is 0 Å². The number of hydrogen-bond acceptors (Lipinski definition) is 2. The van der Waals surface area contributed by atoms with Gasteiger partial charge in [-0.05, 0) is 19.4 Å². The number of rotatable bonds is 0. The first-order chi connectivity index (χ1) is 3.88. The molecule has 0 amide bonds. The molecule has 3 atom stereocenters. The van der Waals surface area contributed by atoms with Crippen molar-refractivity contribution >= 4 is 0 Å². The van der Waals surface area contributed by atoms with Crippen LogP contribution in [0.2, 0.25) is 0 Å². The maximum atomic E-state index is 9.08. The van der Waals surface area contributed by atoms with Gasteiger partial charge in [0.25, 0.3) is 0 Å². The third kappa shape index (κ3) is 0.446. The minimum atomic E-state index is 0.0231. The molecule has 0 aromatic rings. The van der Waals surface area contributed by atoms with Crippen molar-refractivity contribution in [3.8, 4) is 0 Å². The van der Waals surface area contributed by atoms with Gasteiger partial charge >= 0.3 is 0 Å². The number of fused-ring (bicyclic) bond motifs is 1. The second kappa shape index (κ2) is 1.45. The molecule has 0 aromatic carbocycles. The van der Waals surface area contributed by atoms with Gasteiger partial charge in [-0.3, -0.25) is 0 Å². The maximum Gasteiger partial charge on any atom is 0.0598 e. The fourth-order valence-electron chi connectivity index (χ4n) is 1.75. The van der Waals surface area contributed by atoms with Gasteiger partial charge in [-0.2, -0.15) is 0 Å². The third-order valence-electron chi connectivity index (χ3n) is 2.39. The lowest BCUT2D eigenvalue weighted by molar-refractivity contribution is 0.0130. The predicted molar refractivity (Wildman–Crippen MR) is 30.5 cm³/mol. The largest absolute Gasteiger partial charge is 0.393 e. The summed E-state index contributed by atoms with van der Waals surface area (Å²) >= 11 is 0. The molecule has 46 valence electrons. The highest BCUT2D eigenvalue weighted by molar-refractivity contribution is 4.98. The molecule has 0 spiro atoms. The Balaban J connectivity index is 2.02. The van der Waals surface area contributed by atoms with Gasteiger partial charge < -0.3 is 10.4 Å². The van der Waals surface area contributed by atoms with Crippen LogP contribution in [0.15, 0.2) is 0 Å². The molecule has 1 aliphatic carbocycles. The number of hydrogen-bond donors (Lipinski definition) is 2. The van der Waals surface area contributed by atoms with Gasteiger partial charge in [0.05, 0.1) is 6.10 Å². The zero-order valence-electron chi connectivity index (χ0n) is 4.80. The van der Waals surface area contributed by atoms with Crippen LogP contribution in [0.25, 0.3) is 0 Å². The summed E-state index contributed by atoms with van der Waals surface area (Å²) in [6, 6.07) is 0.671. The Morgan fingerprint density at radius 1 is 1.50 bits per heavy atom. The average molecular weight is 113 g/mol. The molecule has 2 fully saturated rings. The van der Waals surface area contributed by atoms with E-state index < -0.39 is 0 Å². The van der Waals surface area contributed by atoms with Crippen molar-refractivity contribution in [2.75, 3.05) is 6.54 Å². The van der Waals surface area contributed by atoms with Crippen LogP contribution >= 0.6 is 0 Å². The van der Waals surface area contributed by atoms with Gasteiger partial charge in [0.15, 0.2) is 0 Å². The van der Waals surface area contributed by atoms with Crippen molar-refractivity contribution in [2.45, 2.75) is 25.0 Å². The molecule has 2 aliphatic rings. The summed E-state index contributed by atoms with van der Waals surface area (Å²) in [6.07, 6.45) is 2.20. The molecule has 0 aromatic heterocycles. The zero-order chi connectivity index (χ0) is 5.56. The molecular formula is C6H11NO. The second-order valence-corrected chi connectivity index (χ2v) is 2.82. The molecule has 8 heavy (non-hydrogen) atoms. The second-order valence-electron chi connectivity index (χ2n) is 2.82. The first-order valence-electron chi connectivity index (χ1n) is 3.29. The van der Waals surface area contributed by atoms with E-state index in [9.17, 15) is 0 Å². The lowest BCUT2D eigenvalue weighted by Gasteiger charge is -2.35. The molecule has 2 N–H and O–H groups in total. The van der Waals surface area contributed by atoms with E-state index in [0.29, 0.717) is 12.0 Å². The first-order valence-corrected chi connectivity index (χ1v) is 3.29. The van der Waals surface area contributed by atoms with E-state index >= 15 is 0 Å². The van der Waals surface area contributed by atoms with Gasteiger partial charge in [0.2, 0.25) is 0 Å². The molecule has 0 radical (unpaired) electrons. The number of aliphatic hydroxyl groups excluding tert-OH is 1. The van der Waals surface area contributed by atoms with E-state index in [1.165, 1.54) is 6.42 Å². The van der Waals surface area contributed by atoms with Crippen LogP contribution in [0.5, 0.6) is 0 Å². The summed E-state index contributed by atoms with van der Waals surface area (Å²) < 4.78 is 0. The third-order valence-corrected chi connectivity index (χ3v) is 2.39. The minimum Gasteiger partial charge on any atom is -0.393 e. The Morgan fingerprint density at radius 3 is 2.88 bits per heavy atom. The Labute approximate surface area is 48.9 Å². The Bertz CT molecular complexity index is 105. The average Bonchev–Trinajstić information content (AvgIpc) is 2.09. The van der Waals surface area contributed by atoms with Gasteiger partial charge in [-0.1, -0.05) is 0 Å². The van der Waals surface area contributed by atoms with Gasteiger partial charge in [-0.15, -0.1) is 0 Å². The van der Waals surface area contributed by atoms with Gasteiger partial charge in [-0.25, -0.2) is 0 Å². The molecule has 0 unspecified atom stereocenters. The normalized spacial score (nSPS) is 52.9. The molecule has 2 rings (SSSR count). The van der Waals surface area contributed by atoms with Crippen molar-refractivity contribution < 1.29 is 5.11 Å². The van der Waals surface area contributed by atoms with Crippen LogP contribution in [-0.2, 0) is 0 Å². The van der Waals surface area contributed by atoms with E-state index in [2.05, 4.69) is 5.32 Å². The van der Waals surface area contributed by atoms with Crippen LogP contribution in [0.1, 0.15) is 12.8 Å². The van der Waals surface area contributed by atoms with Crippen molar-refractivity contribution in [3.63, 3.8) is 0 Å². The molecule has 1 saturated heterocycles. The molecule has 1 heterocycles. The topological polar surface area (TPSA) is 32.3 Å². The van der Waals surface area contributed by atoms with Crippen molar-refractivity contribution in [1.82, 2.24) is 5.32 Å². The Morgan fingerprint density at radius 2 is 2.38 bits per heavy atom. The van der Waals surface area contributed by atoms with Crippen LogP contribution in [0, 0.1) is 5.92 Å². The van der Waals surface area contributed by atoms with Crippen molar-refractivity contribution in [2.24, 2.45) is 5.92 Å². The molecule has 1 saturated carbocycles. The monoisotopic (exact) mass is 113 g/mol. The van der Waals surface area contributed by atoms with E-state index in [-0.39, 0.29) is 6.10 Å². The van der Waals surface area contributed by atoms with Crippen molar-refractivity contribution in [3.05, 3.63) is 0 Å². The predicted octanol–water partition coefficient (Wildman–Crippen LogP) is -0.271. The van der Waals surface area contributed by atoms with Crippen LogP contribution < -0.4 is 5.32 Å². The summed E-state index contributed by atoms with van der Waals surface area (Å²) in [5, 5.41) is 12.4. The zero-order valence-corrected chi connectivity index (χ0v) is 4.80. The standard InChI is InChI=1S/C6H11NO/c8-6-3-5-4(6)1-2-7-5/h4-8H,1-3H2/t4-,5-,6-/m0/s1. The fraction of sp³-hybridized carbons (Fsp3) is 1.00.